The first-order valence-corrected chi connectivity index (χ1v) is 10.6. The van der Waals surface area contributed by atoms with E-state index in [1.54, 1.807) is 0 Å². The van der Waals surface area contributed by atoms with Crippen LogP contribution < -0.4 is 0 Å². The molecule has 8 nitrogen and oxygen atoms in total. The first-order valence-electron chi connectivity index (χ1n) is 6.97. The number of likely N-dealkylation sites (N-methyl/N-ethyl adjacent to an activating group) is 2. The lowest BCUT2D eigenvalue weighted by Gasteiger charge is -2.28. The molecule has 2 fully saturated rings. The fraction of sp³-hybridized carbons (Fsp3) is 0.833. The van der Waals surface area contributed by atoms with Crippen molar-refractivity contribution in [3.8, 4) is 0 Å². The zero-order valence-corrected chi connectivity index (χ0v) is 14.2. The van der Waals surface area contributed by atoms with Crippen molar-refractivity contribution >= 4 is 31.5 Å². The Balaban J connectivity index is 2.01. The van der Waals surface area contributed by atoms with E-state index in [-0.39, 0.29) is 23.0 Å². The predicted molar refractivity (Wildman–Crippen MR) is 79.7 cm³/mol. The van der Waals surface area contributed by atoms with E-state index in [4.69, 9.17) is 0 Å². The molecule has 2 aliphatic heterocycles. The average molecular weight is 352 g/mol. The molecule has 0 aliphatic carbocycles. The first kappa shape index (κ1) is 17.2. The summed E-state index contributed by atoms with van der Waals surface area (Å²) >= 11 is 0. The molecule has 0 N–H and O–H groups in total. The maximum Gasteiger partial charge on any atom is 0.312 e. The Morgan fingerprint density at radius 2 is 1.09 bits per heavy atom. The molecule has 0 radical (unpaired) electrons. The van der Waals surface area contributed by atoms with Crippen molar-refractivity contribution in [3.63, 3.8) is 0 Å². The molecule has 2 aliphatic rings. The smallest absolute Gasteiger partial charge is 0.312 e. The highest BCUT2D eigenvalue weighted by Crippen LogP contribution is 2.19. The van der Waals surface area contributed by atoms with E-state index in [0.717, 1.165) is 9.80 Å². The number of hydrogen-bond acceptors (Lipinski definition) is 6. The van der Waals surface area contributed by atoms with Crippen molar-refractivity contribution in [3.05, 3.63) is 0 Å². The standard InChI is InChI=1S/C12H20N2O6S2/c1-13(9-3-5-21(17,18)7-9)11(15)12(16)14(2)10-4-6-22(19,20)8-10/h9-10H,3-8H2,1-2H3/t9-,10+. The monoisotopic (exact) mass is 352 g/mol. The van der Waals surface area contributed by atoms with Gasteiger partial charge in [-0.15, -0.1) is 0 Å². The van der Waals surface area contributed by atoms with Crippen LogP contribution in [0, 0.1) is 0 Å². The van der Waals surface area contributed by atoms with Crippen LogP contribution in [0.5, 0.6) is 0 Å². The molecule has 2 heterocycles. The summed E-state index contributed by atoms with van der Waals surface area (Å²) < 4.78 is 45.8. The minimum Gasteiger partial charge on any atom is -0.333 e. The average Bonchev–Trinajstić information content (AvgIpc) is 2.97. The molecule has 2 rings (SSSR count). The van der Waals surface area contributed by atoms with Crippen molar-refractivity contribution in [2.45, 2.75) is 24.9 Å². The minimum absolute atomic E-state index is 0.0141. The number of carbonyl (C=O) groups is 2. The first-order chi connectivity index (χ1) is 10.0. The summed E-state index contributed by atoms with van der Waals surface area (Å²) in [5, 5.41) is 0. The number of hydrogen-bond donors (Lipinski definition) is 0. The van der Waals surface area contributed by atoms with Crippen LogP contribution in [0.4, 0.5) is 0 Å². The summed E-state index contributed by atoms with van der Waals surface area (Å²) in [7, 11) is -3.48. The molecule has 0 aromatic carbocycles. The van der Waals surface area contributed by atoms with Crippen LogP contribution in [0.15, 0.2) is 0 Å². The summed E-state index contributed by atoms with van der Waals surface area (Å²) in [4.78, 5) is 26.7. The van der Waals surface area contributed by atoms with E-state index in [2.05, 4.69) is 0 Å². The Labute approximate surface area is 130 Å². The van der Waals surface area contributed by atoms with Crippen molar-refractivity contribution in [2.24, 2.45) is 0 Å². The van der Waals surface area contributed by atoms with Crippen LogP contribution in [0.3, 0.4) is 0 Å². The molecular formula is C12H20N2O6S2. The highest BCUT2D eigenvalue weighted by Gasteiger charge is 2.38. The van der Waals surface area contributed by atoms with E-state index < -0.39 is 43.6 Å². The van der Waals surface area contributed by atoms with Gasteiger partial charge in [0.15, 0.2) is 19.7 Å². The lowest BCUT2D eigenvalue weighted by atomic mass is 10.2. The quantitative estimate of drug-likeness (QED) is 0.547. The third kappa shape index (κ3) is 3.60. The van der Waals surface area contributed by atoms with E-state index in [1.807, 2.05) is 0 Å². The minimum atomic E-state index is -3.15. The predicted octanol–water partition coefficient (Wildman–Crippen LogP) is -1.72. The normalized spacial score (nSPS) is 29.2. The van der Waals surface area contributed by atoms with Crippen molar-refractivity contribution < 1.29 is 26.4 Å². The molecule has 0 aromatic heterocycles. The highest BCUT2D eigenvalue weighted by atomic mass is 32.2. The number of rotatable bonds is 2. The lowest BCUT2D eigenvalue weighted by molar-refractivity contribution is -0.152. The molecule has 2 saturated heterocycles. The van der Waals surface area contributed by atoms with Gasteiger partial charge in [-0.1, -0.05) is 0 Å². The third-order valence-corrected chi connectivity index (χ3v) is 7.84. The molecule has 0 aromatic rings. The van der Waals surface area contributed by atoms with Gasteiger partial charge in [0, 0.05) is 26.2 Å². The van der Waals surface area contributed by atoms with Gasteiger partial charge in [-0.3, -0.25) is 9.59 Å². The lowest BCUT2D eigenvalue weighted by Crippen LogP contribution is -2.49. The molecule has 0 unspecified atom stereocenters. The van der Waals surface area contributed by atoms with Gasteiger partial charge in [0.05, 0.1) is 23.0 Å². The van der Waals surface area contributed by atoms with Gasteiger partial charge in [0.2, 0.25) is 0 Å². The summed E-state index contributed by atoms with van der Waals surface area (Å²) in [6, 6.07) is -0.996. The fourth-order valence-corrected chi connectivity index (χ4v) is 6.34. The number of nitrogens with zero attached hydrogens (tertiary/aromatic N) is 2. The Hall–Kier alpha value is -1.16. The second-order valence-electron chi connectivity index (χ2n) is 5.95. The van der Waals surface area contributed by atoms with Gasteiger partial charge in [-0.25, -0.2) is 16.8 Å². The van der Waals surface area contributed by atoms with Crippen LogP contribution in [0.1, 0.15) is 12.8 Å². The molecule has 126 valence electrons. The van der Waals surface area contributed by atoms with Crippen molar-refractivity contribution in [1.29, 1.82) is 0 Å². The van der Waals surface area contributed by atoms with Crippen LogP contribution in [0.25, 0.3) is 0 Å². The second kappa shape index (κ2) is 5.80. The molecule has 0 spiro atoms. The van der Waals surface area contributed by atoms with E-state index >= 15 is 0 Å². The van der Waals surface area contributed by atoms with Crippen LogP contribution in [0.2, 0.25) is 0 Å². The fourth-order valence-electron chi connectivity index (χ4n) is 2.80. The Morgan fingerprint density at radius 1 is 0.773 bits per heavy atom. The van der Waals surface area contributed by atoms with E-state index in [0.29, 0.717) is 12.8 Å². The van der Waals surface area contributed by atoms with Gasteiger partial charge in [0.25, 0.3) is 0 Å². The molecule has 0 saturated carbocycles. The topological polar surface area (TPSA) is 109 Å². The SMILES string of the molecule is CN(C(=O)C(=O)N(C)[C@H]1CCS(=O)(=O)C1)[C@@H]1CCS(=O)(=O)C1. The second-order valence-corrected chi connectivity index (χ2v) is 10.4. The zero-order chi connectivity index (χ0) is 16.7. The molecular weight excluding hydrogens is 332 g/mol. The van der Waals surface area contributed by atoms with Crippen LogP contribution in [-0.2, 0) is 29.3 Å². The summed E-state index contributed by atoms with van der Waals surface area (Å²) in [5.41, 5.74) is 0. The molecule has 0 bridgehead atoms. The number of carbonyl (C=O) groups excluding carboxylic acids is 2. The third-order valence-electron chi connectivity index (χ3n) is 4.34. The molecule has 2 atom stereocenters. The zero-order valence-electron chi connectivity index (χ0n) is 12.6. The largest absolute Gasteiger partial charge is 0.333 e. The molecule has 22 heavy (non-hydrogen) atoms. The van der Waals surface area contributed by atoms with Gasteiger partial charge < -0.3 is 9.80 Å². The molecule has 10 heteroatoms. The highest BCUT2D eigenvalue weighted by molar-refractivity contribution is 7.91. The van der Waals surface area contributed by atoms with Crippen molar-refractivity contribution in [1.82, 2.24) is 9.80 Å². The van der Waals surface area contributed by atoms with Crippen LogP contribution in [-0.4, -0.2) is 87.6 Å². The van der Waals surface area contributed by atoms with Gasteiger partial charge in [-0.2, -0.15) is 0 Å². The Kier molecular flexibility index (Phi) is 4.54. The van der Waals surface area contributed by atoms with Crippen LogP contribution >= 0.6 is 0 Å². The Morgan fingerprint density at radius 3 is 1.32 bits per heavy atom. The van der Waals surface area contributed by atoms with E-state index in [9.17, 15) is 26.4 Å². The van der Waals surface area contributed by atoms with Crippen molar-refractivity contribution in [2.75, 3.05) is 37.1 Å². The van der Waals surface area contributed by atoms with E-state index in [1.165, 1.54) is 14.1 Å². The maximum atomic E-state index is 12.2. The number of amides is 2. The number of sulfone groups is 2. The summed E-state index contributed by atoms with van der Waals surface area (Å²) in [6.07, 6.45) is 0.638. The summed E-state index contributed by atoms with van der Waals surface area (Å²) in [6.45, 7) is 0. The summed E-state index contributed by atoms with van der Waals surface area (Å²) in [5.74, 6) is -1.84. The Bertz CT molecular complexity index is 624. The van der Waals surface area contributed by atoms with Gasteiger partial charge in [0.1, 0.15) is 0 Å². The maximum absolute atomic E-state index is 12.2. The molecule has 2 amide bonds. The van der Waals surface area contributed by atoms with Gasteiger partial charge >= 0.3 is 11.8 Å². The van der Waals surface area contributed by atoms with Gasteiger partial charge in [-0.05, 0) is 12.8 Å².